The fraction of sp³-hybridized carbons (Fsp3) is 0.538. The molecule has 0 aliphatic rings. The minimum atomic E-state index is 0.257. The molecule has 1 N–H and O–H groups in total. The van der Waals surface area contributed by atoms with Gasteiger partial charge in [-0.15, -0.1) is 0 Å². The third-order valence-corrected chi connectivity index (χ3v) is 2.77. The summed E-state index contributed by atoms with van der Waals surface area (Å²) in [7, 11) is 0. The van der Waals surface area contributed by atoms with E-state index in [1.54, 1.807) is 0 Å². The van der Waals surface area contributed by atoms with Crippen LogP contribution in [0.25, 0.3) is 0 Å². The van der Waals surface area contributed by atoms with Gasteiger partial charge in [0.05, 0.1) is 6.10 Å². The Kier molecular flexibility index (Phi) is 7.24. The zero-order chi connectivity index (χ0) is 12.5. The van der Waals surface area contributed by atoms with Crippen molar-refractivity contribution in [1.82, 2.24) is 5.32 Å². The number of ether oxygens (including phenoxy) is 2. The Hall–Kier alpha value is -0.580. The molecule has 3 nitrogen and oxygen atoms in total. The van der Waals surface area contributed by atoms with E-state index in [1.807, 2.05) is 31.2 Å². The van der Waals surface area contributed by atoms with Crippen molar-refractivity contribution in [2.24, 2.45) is 0 Å². The van der Waals surface area contributed by atoms with Crippen LogP contribution in [-0.2, 0) is 4.74 Å². The maximum Gasteiger partial charge on any atom is 0.119 e. The first-order valence-electron chi connectivity index (χ1n) is 5.93. The van der Waals surface area contributed by atoms with Gasteiger partial charge in [-0.25, -0.2) is 0 Å². The molecule has 0 saturated heterocycles. The number of rotatable bonds is 8. The maximum absolute atomic E-state index is 5.58. The van der Waals surface area contributed by atoms with Crippen LogP contribution in [0.2, 0.25) is 0 Å². The second-order valence-corrected chi connectivity index (χ2v) is 4.69. The monoisotopic (exact) mass is 301 g/mol. The van der Waals surface area contributed by atoms with E-state index < -0.39 is 0 Å². The molecule has 1 aromatic carbocycles. The van der Waals surface area contributed by atoms with E-state index in [4.69, 9.17) is 9.47 Å². The third-order valence-electron chi connectivity index (χ3n) is 2.24. The zero-order valence-corrected chi connectivity index (χ0v) is 12.0. The molecule has 0 amide bonds. The predicted molar refractivity (Wildman–Crippen MR) is 73.6 cm³/mol. The van der Waals surface area contributed by atoms with Gasteiger partial charge in [-0.05, 0) is 38.1 Å². The smallest absolute Gasteiger partial charge is 0.119 e. The fourth-order valence-corrected chi connectivity index (χ4v) is 1.68. The minimum Gasteiger partial charge on any atom is -0.492 e. The SMILES string of the molecule is CCOC(C)CNCCOc1ccc(Br)cc1. The Morgan fingerprint density at radius 1 is 1.29 bits per heavy atom. The first-order valence-corrected chi connectivity index (χ1v) is 6.72. The minimum absolute atomic E-state index is 0.257. The second kappa shape index (κ2) is 8.50. The largest absolute Gasteiger partial charge is 0.492 e. The number of hydrogen-bond donors (Lipinski definition) is 1. The Labute approximate surface area is 112 Å². The standard InChI is InChI=1S/C13H20BrNO2/c1-3-16-11(2)10-15-8-9-17-13-6-4-12(14)5-7-13/h4-7,11,15H,3,8-10H2,1-2H3. The molecule has 0 fully saturated rings. The molecule has 0 heterocycles. The first-order chi connectivity index (χ1) is 8.22. The fourth-order valence-electron chi connectivity index (χ4n) is 1.42. The van der Waals surface area contributed by atoms with Gasteiger partial charge in [-0.3, -0.25) is 0 Å². The highest BCUT2D eigenvalue weighted by Gasteiger charge is 1.99. The lowest BCUT2D eigenvalue weighted by Crippen LogP contribution is -2.30. The van der Waals surface area contributed by atoms with Gasteiger partial charge in [-0.2, -0.15) is 0 Å². The van der Waals surface area contributed by atoms with E-state index in [0.717, 1.165) is 29.9 Å². The van der Waals surface area contributed by atoms with Crippen molar-refractivity contribution in [3.8, 4) is 5.75 Å². The molecule has 0 radical (unpaired) electrons. The van der Waals surface area contributed by atoms with Crippen molar-refractivity contribution >= 4 is 15.9 Å². The van der Waals surface area contributed by atoms with Gasteiger partial charge in [0, 0.05) is 24.2 Å². The van der Waals surface area contributed by atoms with Crippen LogP contribution in [0.15, 0.2) is 28.7 Å². The van der Waals surface area contributed by atoms with Crippen molar-refractivity contribution < 1.29 is 9.47 Å². The lowest BCUT2D eigenvalue weighted by Gasteiger charge is -2.12. The molecule has 96 valence electrons. The summed E-state index contributed by atoms with van der Waals surface area (Å²) in [4.78, 5) is 0. The van der Waals surface area contributed by atoms with E-state index in [1.165, 1.54) is 0 Å². The van der Waals surface area contributed by atoms with Crippen LogP contribution in [0.4, 0.5) is 0 Å². The van der Waals surface area contributed by atoms with Gasteiger partial charge in [0.15, 0.2) is 0 Å². The van der Waals surface area contributed by atoms with Crippen LogP contribution < -0.4 is 10.1 Å². The molecular formula is C13H20BrNO2. The van der Waals surface area contributed by atoms with Crippen LogP contribution in [0.5, 0.6) is 5.75 Å². The van der Waals surface area contributed by atoms with Crippen molar-refractivity contribution in [2.75, 3.05) is 26.3 Å². The second-order valence-electron chi connectivity index (χ2n) is 3.77. The quantitative estimate of drug-likeness (QED) is 0.749. The van der Waals surface area contributed by atoms with Gasteiger partial charge in [-0.1, -0.05) is 15.9 Å². The molecule has 1 aromatic rings. The number of nitrogens with one attached hydrogen (secondary N) is 1. The molecule has 1 atom stereocenters. The lowest BCUT2D eigenvalue weighted by molar-refractivity contribution is 0.0755. The van der Waals surface area contributed by atoms with Crippen LogP contribution in [0.3, 0.4) is 0 Å². The van der Waals surface area contributed by atoms with E-state index in [2.05, 4.69) is 28.2 Å². The maximum atomic E-state index is 5.58. The van der Waals surface area contributed by atoms with Crippen LogP contribution >= 0.6 is 15.9 Å². The Morgan fingerprint density at radius 3 is 2.65 bits per heavy atom. The highest BCUT2D eigenvalue weighted by molar-refractivity contribution is 9.10. The summed E-state index contributed by atoms with van der Waals surface area (Å²) in [6.07, 6.45) is 0.257. The highest BCUT2D eigenvalue weighted by atomic mass is 79.9. The van der Waals surface area contributed by atoms with Crippen molar-refractivity contribution in [2.45, 2.75) is 20.0 Å². The summed E-state index contributed by atoms with van der Waals surface area (Å²) in [6.45, 7) is 7.18. The van der Waals surface area contributed by atoms with Crippen molar-refractivity contribution in [1.29, 1.82) is 0 Å². The van der Waals surface area contributed by atoms with Gasteiger partial charge in [0.25, 0.3) is 0 Å². The summed E-state index contributed by atoms with van der Waals surface area (Å²) in [6, 6.07) is 7.85. The van der Waals surface area contributed by atoms with Crippen LogP contribution in [-0.4, -0.2) is 32.4 Å². The Balaban J connectivity index is 2.06. The Bertz CT molecular complexity index is 303. The normalized spacial score (nSPS) is 12.4. The summed E-state index contributed by atoms with van der Waals surface area (Å²) >= 11 is 3.39. The molecule has 0 bridgehead atoms. The van der Waals surface area contributed by atoms with Gasteiger partial charge >= 0.3 is 0 Å². The molecule has 0 saturated carbocycles. The van der Waals surface area contributed by atoms with E-state index in [0.29, 0.717) is 6.61 Å². The first kappa shape index (κ1) is 14.5. The molecular weight excluding hydrogens is 282 g/mol. The average molecular weight is 302 g/mol. The number of hydrogen-bond acceptors (Lipinski definition) is 3. The summed E-state index contributed by atoms with van der Waals surface area (Å²) in [5.74, 6) is 0.896. The third kappa shape index (κ3) is 6.66. The van der Waals surface area contributed by atoms with Crippen LogP contribution in [0, 0.1) is 0 Å². The Morgan fingerprint density at radius 2 is 2.00 bits per heavy atom. The average Bonchev–Trinajstić information content (AvgIpc) is 2.31. The number of benzene rings is 1. The van der Waals surface area contributed by atoms with E-state index in [-0.39, 0.29) is 6.10 Å². The number of halogens is 1. The summed E-state index contributed by atoms with van der Waals surface area (Å²) in [5, 5.41) is 3.29. The zero-order valence-electron chi connectivity index (χ0n) is 10.4. The van der Waals surface area contributed by atoms with E-state index >= 15 is 0 Å². The van der Waals surface area contributed by atoms with Crippen molar-refractivity contribution in [3.63, 3.8) is 0 Å². The van der Waals surface area contributed by atoms with E-state index in [9.17, 15) is 0 Å². The van der Waals surface area contributed by atoms with Gasteiger partial charge < -0.3 is 14.8 Å². The topological polar surface area (TPSA) is 30.5 Å². The lowest BCUT2D eigenvalue weighted by atomic mass is 10.3. The molecule has 0 aliphatic carbocycles. The molecule has 0 spiro atoms. The summed E-state index contributed by atoms with van der Waals surface area (Å²) in [5.41, 5.74) is 0. The van der Waals surface area contributed by atoms with Gasteiger partial charge in [0.2, 0.25) is 0 Å². The molecule has 0 aromatic heterocycles. The molecule has 17 heavy (non-hydrogen) atoms. The van der Waals surface area contributed by atoms with Gasteiger partial charge in [0.1, 0.15) is 12.4 Å². The molecule has 1 unspecified atom stereocenters. The molecule has 4 heteroatoms. The summed E-state index contributed by atoms with van der Waals surface area (Å²) < 4.78 is 12.1. The van der Waals surface area contributed by atoms with Crippen molar-refractivity contribution in [3.05, 3.63) is 28.7 Å². The van der Waals surface area contributed by atoms with Crippen LogP contribution in [0.1, 0.15) is 13.8 Å². The molecule has 1 rings (SSSR count). The highest BCUT2D eigenvalue weighted by Crippen LogP contribution is 2.15. The predicted octanol–water partition coefficient (Wildman–Crippen LogP) is 2.84. The molecule has 0 aliphatic heterocycles.